The van der Waals surface area contributed by atoms with Gasteiger partial charge in [-0.15, -0.1) is 11.3 Å². The van der Waals surface area contributed by atoms with E-state index in [4.69, 9.17) is 0 Å². The highest BCUT2D eigenvalue weighted by atomic mass is 32.1. The molecule has 25 heavy (non-hydrogen) atoms. The number of rotatable bonds is 3. The van der Waals surface area contributed by atoms with Crippen LogP contribution in [0.15, 0.2) is 52.9 Å². The summed E-state index contributed by atoms with van der Waals surface area (Å²) >= 11 is 1.31. The van der Waals surface area contributed by atoms with E-state index in [0.717, 1.165) is 0 Å². The first-order valence-corrected chi connectivity index (χ1v) is 8.26. The van der Waals surface area contributed by atoms with Gasteiger partial charge < -0.3 is 0 Å². The van der Waals surface area contributed by atoms with Crippen molar-refractivity contribution < 1.29 is 4.79 Å². The van der Waals surface area contributed by atoms with E-state index in [1.807, 2.05) is 0 Å². The number of carbonyl (C=O) groups excluding carboxylic acids is 1. The van der Waals surface area contributed by atoms with Crippen molar-refractivity contribution in [2.24, 2.45) is 0 Å². The molecule has 0 saturated heterocycles. The Labute approximate surface area is 145 Å². The average molecular weight is 352 g/mol. The smallest absolute Gasteiger partial charge is 0.276 e. The zero-order chi connectivity index (χ0) is 17.4. The highest BCUT2D eigenvalue weighted by Gasteiger charge is 2.20. The first-order valence-electron chi connectivity index (χ1n) is 7.38. The summed E-state index contributed by atoms with van der Waals surface area (Å²) in [5.74, 6) is 0.0395. The van der Waals surface area contributed by atoms with Crippen molar-refractivity contribution >= 4 is 28.0 Å². The first-order chi connectivity index (χ1) is 12.1. The number of aryl methyl sites for hydroxylation is 1. The van der Waals surface area contributed by atoms with Gasteiger partial charge in [-0.3, -0.25) is 14.9 Å². The van der Waals surface area contributed by atoms with Gasteiger partial charge in [0.15, 0.2) is 16.6 Å². The zero-order valence-corrected chi connectivity index (χ0v) is 13.9. The predicted octanol–water partition coefficient (Wildman–Crippen LogP) is 1.90. The van der Waals surface area contributed by atoms with Gasteiger partial charge in [-0.25, -0.2) is 19.6 Å². The molecule has 4 rings (SSSR count). The molecule has 9 heteroatoms. The number of carbonyl (C=O) groups is 1. The van der Waals surface area contributed by atoms with E-state index < -0.39 is 5.91 Å². The third kappa shape index (κ3) is 2.70. The number of anilines is 1. The van der Waals surface area contributed by atoms with E-state index in [2.05, 4.69) is 20.3 Å². The van der Waals surface area contributed by atoms with Gasteiger partial charge in [-0.2, -0.15) is 4.52 Å². The number of nitrogens with one attached hydrogen (secondary N) is 1. The predicted molar refractivity (Wildman–Crippen MR) is 93.4 cm³/mol. The third-order valence-corrected chi connectivity index (χ3v) is 4.18. The number of aromatic nitrogens is 5. The van der Waals surface area contributed by atoms with E-state index >= 15 is 0 Å². The van der Waals surface area contributed by atoms with Crippen LogP contribution >= 0.6 is 11.3 Å². The summed E-state index contributed by atoms with van der Waals surface area (Å²) in [5.41, 5.74) is 0.903. The molecule has 124 valence electrons. The summed E-state index contributed by atoms with van der Waals surface area (Å²) in [6.07, 6.45) is 3.19. The number of hydrogen-bond acceptors (Lipinski definition) is 6. The minimum absolute atomic E-state index is 0.240. The van der Waals surface area contributed by atoms with Crippen LogP contribution in [0.5, 0.6) is 0 Å². The van der Waals surface area contributed by atoms with Crippen LogP contribution in [-0.4, -0.2) is 30.1 Å². The molecule has 0 aliphatic carbocycles. The molecule has 4 aromatic heterocycles. The normalized spacial score (nSPS) is 10.9. The number of fused-ring (bicyclic) bond motifs is 1. The van der Waals surface area contributed by atoms with Crippen molar-refractivity contribution in [1.82, 2.24) is 24.1 Å². The molecular formula is C16H12N6O2S. The lowest BCUT2D eigenvalue weighted by atomic mass is 10.3. The van der Waals surface area contributed by atoms with Crippen LogP contribution in [-0.2, 0) is 0 Å². The van der Waals surface area contributed by atoms with Crippen molar-refractivity contribution in [3.63, 3.8) is 0 Å². The van der Waals surface area contributed by atoms with Crippen LogP contribution in [0.25, 0.3) is 11.5 Å². The van der Waals surface area contributed by atoms with E-state index in [1.165, 1.54) is 26.6 Å². The highest BCUT2D eigenvalue weighted by Crippen LogP contribution is 2.17. The maximum Gasteiger partial charge on any atom is 0.276 e. The van der Waals surface area contributed by atoms with E-state index in [9.17, 15) is 9.59 Å². The van der Waals surface area contributed by atoms with Crippen LogP contribution in [0, 0.1) is 6.92 Å². The second-order valence-electron chi connectivity index (χ2n) is 5.23. The maximum atomic E-state index is 12.7. The number of thiazole rings is 1. The standard InChI is InChI=1S/C16H12N6O2S/c1-10-8-14(23)22-13(19-10)9-11(15(24)20-16-18-6-7-25-16)21(22)12-4-2-3-5-17-12/h2-9H,1H3,(H,18,20,24). The molecule has 4 heterocycles. The van der Waals surface area contributed by atoms with Gasteiger partial charge in [0.1, 0.15) is 5.69 Å². The summed E-state index contributed by atoms with van der Waals surface area (Å²) < 4.78 is 2.78. The quantitative estimate of drug-likeness (QED) is 0.608. The molecule has 1 N–H and O–H groups in total. The van der Waals surface area contributed by atoms with Gasteiger partial charge in [0.2, 0.25) is 0 Å². The van der Waals surface area contributed by atoms with Gasteiger partial charge in [-0.1, -0.05) is 6.07 Å². The zero-order valence-electron chi connectivity index (χ0n) is 13.1. The minimum Gasteiger partial charge on any atom is -0.296 e. The molecule has 0 bridgehead atoms. The van der Waals surface area contributed by atoms with Crippen molar-refractivity contribution in [2.75, 3.05) is 5.32 Å². The van der Waals surface area contributed by atoms with Crippen LogP contribution in [0.3, 0.4) is 0 Å². The number of nitrogens with zero attached hydrogens (tertiary/aromatic N) is 5. The number of amides is 1. The average Bonchev–Trinajstić information content (AvgIpc) is 3.23. The molecule has 0 aromatic carbocycles. The largest absolute Gasteiger partial charge is 0.296 e. The van der Waals surface area contributed by atoms with Crippen molar-refractivity contribution in [3.05, 3.63) is 69.8 Å². The lowest BCUT2D eigenvalue weighted by Crippen LogP contribution is -2.24. The molecule has 0 aliphatic rings. The summed E-state index contributed by atoms with van der Waals surface area (Å²) in [5, 5.41) is 4.95. The molecule has 0 unspecified atom stereocenters. The molecule has 0 radical (unpaired) electrons. The fraction of sp³-hybridized carbons (Fsp3) is 0.0625. The third-order valence-electron chi connectivity index (χ3n) is 3.49. The Bertz CT molecular complexity index is 1110. The molecule has 8 nitrogen and oxygen atoms in total. The SMILES string of the molecule is Cc1cc(=O)n2c(cc(C(=O)Nc3nccs3)n2-c2ccccn2)n1. The Morgan fingerprint density at radius 3 is 2.80 bits per heavy atom. The summed E-state index contributed by atoms with van der Waals surface area (Å²) in [7, 11) is 0. The Morgan fingerprint density at radius 1 is 1.20 bits per heavy atom. The summed E-state index contributed by atoms with van der Waals surface area (Å²) in [4.78, 5) is 37.9. The van der Waals surface area contributed by atoms with Gasteiger partial charge in [-0.05, 0) is 19.1 Å². The Morgan fingerprint density at radius 2 is 2.08 bits per heavy atom. The van der Waals surface area contributed by atoms with Gasteiger partial charge in [0.05, 0.1) is 0 Å². The fourth-order valence-corrected chi connectivity index (χ4v) is 3.04. The summed E-state index contributed by atoms with van der Waals surface area (Å²) in [6.45, 7) is 1.73. The molecule has 4 aromatic rings. The van der Waals surface area contributed by atoms with Crippen LogP contribution < -0.4 is 10.9 Å². The number of hydrogen-bond donors (Lipinski definition) is 1. The Kier molecular flexibility index (Phi) is 3.62. The fourth-order valence-electron chi connectivity index (χ4n) is 2.51. The lowest BCUT2D eigenvalue weighted by Gasteiger charge is -2.09. The second-order valence-corrected chi connectivity index (χ2v) is 6.12. The Balaban J connectivity index is 1.95. The first kappa shape index (κ1) is 15.2. The monoisotopic (exact) mass is 352 g/mol. The summed E-state index contributed by atoms with van der Waals surface area (Å²) in [6, 6.07) is 8.23. The van der Waals surface area contributed by atoms with Crippen molar-refractivity contribution in [1.29, 1.82) is 0 Å². The molecule has 0 fully saturated rings. The van der Waals surface area contributed by atoms with E-state index in [1.54, 1.807) is 49.0 Å². The van der Waals surface area contributed by atoms with Crippen LogP contribution in [0.2, 0.25) is 0 Å². The molecule has 0 aliphatic heterocycles. The van der Waals surface area contributed by atoms with Crippen molar-refractivity contribution in [3.8, 4) is 5.82 Å². The molecule has 0 saturated carbocycles. The maximum absolute atomic E-state index is 12.7. The van der Waals surface area contributed by atoms with Crippen LogP contribution in [0.4, 0.5) is 5.13 Å². The topological polar surface area (TPSA) is 94.2 Å². The minimum atomic E-state index is -0.400. The molecule has 1 amide bonds. The van der Waals surface area contributed by atoms with Gasteiger partial charge >= 0.3 is 0 Å². The van der Waals surface area contributed by atoms with Crippen LogP contribution in [0.1, 0.15) is 16.2 Å². The molecular weight excluding hydrogens is 340 g/mol. The van der Waals surface area contributed by atoms with Gasteiger partial charge in [0.25, 0.3) is 11.5 Å². The van der Waals surface area contributed by atoms with E-state index in [-0.39, 0.29) is 11.3 Å². The van der Waals surface area contributed by atoms with Crippen molar-refractivity contribution in [2.45, 2.75) is 6.92 Å². The van der Waals surface area contributed by atoms with E-state index in [0.29, 0.717) is 22.3 Å². The lowest BCUT2D eigenvalue weighted by molar-refractivity contribution is 0.101. The molecule has 0 atom stereocenters. The highest BCUT2D eigenvalue weighted by molar-refractivity contribution is 7.13. The number of pyridine rings is 1. The second kappa shape index (κ2) is 5.95. The molecule has 0 spiro atoms. The Hall–Kier alpha value is -3.33. The van der Waals surface area contributed by atoms with Gasteiger partial charge in [0, 0.05) is 35.6 Å².